The van der Waals surface area contributed by atoms with Gasteiger partial charge in [0.1, 0.15) is 84.8 Å². The second-order valence-corrected chi connectivity index (χ2v) is 36.8. The number of rotatable bonds is 30. The number of nitrogens with zero attached hydrogens (tertiary/aromatic N) is 8. The topological polar surface area (TPSA) is 497 Å². The minimum absolute atomic E-state index is 0.00972. The number of halogens is 7. The lowest BCUT2D eigenvalue weighted by Gasteiger charge is -2.26. The van der Waals surface area contributed by atoms with Gasteiger partial charge in [-0.25, -0.2) is 41.2 Å². The minimum atomic E-state index is -4.65. The molecule has 0 spiro atoms. The highest BCUT2D eigenvalue weighted by Crippen LogP contribution is 2.56. The molecule has 36 nitrogen and oxygen atoms in total. The van der Waals surface area contributed by atoms with Gasteiger partial charge in [0.25, 0.3) is 11.1 Å². The van der Waals surface area contributed by atoms with Crippen molar-refractivity contribution in [3.05, 3.63) is 149 Å². The number of para-hydroxylation sites is 3. The monoisotopic (exact) mass is 1880 g/mol. The molecule has 11 N–H and O–H groups in total. The van der Waals surface area contributed by atoms with Crippen molar-refractivity contribution in [3.8, 4) is 52.8 Å². The number of H-pyrrole nitrogens is 2. The quantitative estimate of drug-likeness (QED) is 0.00518. The van der Waals surface area contributed by atoms with Crippen molar-refractivity contribution in [1.29, 1.82) is 0 Å². The first-order valence-corrected chi connectivity index (χ1v) is 44.5. The third-order valence-electron chi connectivity index (χ3n) is 18.1. The molecule has 12 rings (SSSR count). The van der Waals surface area contributed by atoms with Crippen LogP contribution in [0.15, 0.2) is 132 Å². The van der Waals surface area contributed by atoms with E-state index in [0.29, 0.717) is 0 Å². The van der Waals surface area contributed by atoms with Gasteiger partial charge in [-0.05, 0) is 84.0 Å². The van der Waals surface area contributed by atoms with Crippen LogP contribution >= 0.6 is 57.6 Å². The summed E-state index contributed by atoms with van der Waals surface area (Å²) < 4.78 is 219. The van der Waals surface area contributed by atoms with Crippen LogP contribution in [0, 0.1) is 59.1 Å². The first-order chi connectivity index (χ1) is 61.8. The highest BCUT2D eigenvalue weighted by atomic mass is 35.5. The predicted molar refractivity (Wildman–Crippen MR) is 454 cm³/mol. The van der Waals surface area contributed by atoms with E-state index in [4.69, 9.17) is 116 Å². The zero-order valence-corrected chi connectivity index (χ0v) is 73.2. The Labute approximate surface area is 741 Å². The number of benzene rings is 3. The summed E-state index contributed by atoms with van der Waals surface area (Å²) in [6.45, 7) is 1.03. The highest BCUT2D eigenvalue weighted by molar-refractivity contribution is 7.55. The van der Waals surface area contributed by atoms with E-state index in [1.165, 1.54) is 91.1 Å². The van der Waals surface area contributed by atoms with Gasteiger partial charge in [-0.2, -0.15) is 15.0 Å². The normalized spacial score (nSPS) is 25.2. The van der Waals surface area contributed by atoms with Crippen molar-refractivity contribution in [2.75, 3.05) is 75.4 Å². The van der Waals surface area contributed by atoms with Crippen LogP contribution in [0.3, 0.4) is 0 Å². The number of imidazole rings is 1. The van der Waals surface area contributed by atoms with Crippen LogP contribution in [-0.2, 0) is 70.1 Å². The van der Waals surface area contributed by atoms with E-state index in [1.54, 1.807) is 96.1 Å². The van der Waals surface area contributed by atoms with Crippen LogP contribution in [0.4, 0.5) is 35.4 Å². The average Bonchev–Trinajstić information content (AvgIpc) is 1.59. The molecule has 18 atom stereocenters. The minimum Gasteiger partial charge on any atom is -0.463 e. The summed E-state index contributed by atoms with van der Waals surface area (Å²) in [5.74, 6) is 6.21. The molecular weight excluding hydrogens is 1790 g/mol. The van der Waals surface area contributed by atoms with Gasteiger partial charge < -0.3 is 79.1 Å². The lowest BCUT2D eigenvalue weighted by Crippen LogP contribution is -2.41. The Bertz CT molecular complexity index is 6140. The van der Waals surface area contributed by atoms with Crippen LogP contribution in [0.5, 0.6) is 17.2 Å². The molecule has 9 aromatic rings. The standard InChI is InChI=1S/C27H30ClF2N4O8P.C27H31ClFN4O8P.C26H30ClFN5O7P/c1-15(2)40-24(37)16(3)14-43(38,42-17-8-5-4-6-9-17)39-13-19-21(35)27(28,10-7-11-29)25(41-19)34-12-18(30)20-22(34)32-26(31)33-23(20)36;1-16(2)39-24(36)17(3)15-42(37,41-18-8-5-4-6-9-18)38-14-20-21(34)27(28,11-7-12-29)25(40-20)33-13-10-19-22(33)31-26(30)32-23(19)35;1-16(2)38-23(35)17(3)14-41(36,40-18-8-5-4-6-9-18)37-13-20-21(34)26(27,10-7-11-28)24(39-20)33-15-31-19-12-30-25(29)32-22(19)33/h4-6,8-9,12,15-16,19,21,25,35H,11,13-14H2,1-3H3,(H3,31,32,33,36);4-6,8-10,13,16-17,20-21,25,34H,12,14-15H2,1-3H3,(H3,30,31,32,35);4-6,8-9,12,15-17,20-21,24,34H,11,13-14H2,1-3H3,(H2,29,30,32)/t16-,19-,21+,25-,27?,43+;17-,20-,21+,25-,27?,42+;17-,20-,21+,24-,26?,41+/m111/s1/i13D2;14D2;13D2. The predicted octanol–water partition coefficient (Wildman–Crippen LogP) is 10.4. The number of aromatic amines is 2. The summed E-state index contributed by atoms with van der Waals surface area (Å²) in [6.07, 6.45) is -15.9. The zero-order chi connectivity index (χ0) is 97.3. The number of aliphatic hydroxyl groups is 3. The number of esters is 3. The molecule has 3 aliphatic heterocycles. The van der Waals surface area contributed by atoms with Gasteiger partial charge in [0, 0.05) is 12.4 Å². The molecule has 3 fully saturated rings. The molecule has 3 saturated heterocycles. The fourth-order valence-electron chi connectivity index (χ4n) is 12.5. The van der Waals surface area contributed by atoms with Gasteiger partial charge >= 0.3 is 40.7 Å². The van der Waals surface area contributed by atoms with E-state index in [9.17, 15) is 70.5 Å². The second-order valence-electron chi connectivity index (χ2n) is 29.1. The molecule has 678 valence electrons. The van der Waals surface area contributed by atoms with Gasteiger partial charge in [0.15, 0.2) is 56.1 Å². The van der Waals surface area contributed by atoms with E-state index in [0.717, 1.165) is 10.8 Å². The van der Waals surface area contributed by atoms with Gasteiger partial charge in [-0.15, -0.1) is 0 Å². The Balaban J connectivity index is 0.000000205. The summed E-state index contributed by atoms with van der Waals surface area (Å²) in [7, 11) is -13.8. The third-order valence-corrected chi connectivity index (χ3v) is 25.2. The molecule has 0 aliphatic carbocycles. The molecule has 0 bridgehead atoms. The van der Waals surface area contributed by atoms with E-state index in [-0.39, 0.29) is 51.3 Å². The number of alkyl halides is 6. The molecule has 46 heteroatoms. The number of nitrogen functional groups attached to an aromatic ring is 3. The largest absolute Gasteiger partial charge is 0.463 e. The SMILES string of the molecule is [2H]C([2H])(O[P@@](=O)(C[C@@H](C)C(=O)OC(C)C)Oc1ccccc1)[C@H]1O[C@@H](n2cc(F)c3c(=O)[nH]c(N)nc32)C(Cl)(C#CCF)[C@H]1O.[2H]C([2H])(O[P@@](=O)(C[C@@H](C)C(=O)OC(C)C)Oc1ccccc1)[C@H]1O[C@@H](n2ccc3c(=O)[nH]c(N)nc32)C(Cl)(C#CCF)[C@H]1O.[2H]C([2H])(O[P@@](=O)(C[C@@H](C)C(=O)OC(C)C)Oc1ccccc1)[C@H]1O[C@@H](n2cnc3cnc(N)nc32)C(Cl)(C#CCF)[C@H]1O. The summed E-state index contributed by atoms with van der Waals surface area (Å²) in [5, 5.41) is 33.5. The summed E-state index contributed by atoms with van der Waals surface area (Å²) in [6, 6.07) is 24.5. The van der Waals surface area contributed by atoms with Crippen LogP contribution < -0.4 is 41.9 Å². The van der Waals surface area contributed by atoms with E-state index in [2.05, 4.69) is 64.5 Å². The average molecular weight is 1880 g/mol. The lowest BCUT2D eigenvalue weighted by molar-refractivity contribution is -0.152. The molecule has 126 heavy (non-hydrogen) atoms. The fraction of sp³-hybridized carbons (Fsp3) is 0.450. The number of fused-ring (bicyclic) bond motifs is 3. The molecule has 9 heterocycles. The smallest absolute Gasteiger partial charge is 0.380 e. The molecule has 6 aromatic heterocycles. The van der Waals surface area contributed by atoms with Gasteiger partial charge in [0.2, 0.25) is 17.8 Å². The van der Waals surface area contributed by atoms with Gasteiger partial charge in [-0.1, -0.05) is 146 Å². The van der Waals surface area contributed by atoms with Crippen LogP contribution in [-0.4, -0.2) is 210 Å². The first-order valence-electron chi connectivity index (χ1n) is 41.2. The highest BCUT2D eigenvalue weighted by Gasteiger charge is 2.60. The Morgan fingerprint density at radius 1 is 0.532 bits per heavy atom. The number of nitrogens with one attached hydrogen (secondary N) is 2. The molecule has 3 unspecified atom stereocenters. The Hall–Kier alpha value is -10.1. The van der Waals surface area contributed by atoms with Crippen molar-refractivity contribution in [1.82, 2.24) is 48.6 Å². The van der Waals surface area contributed by atoms with Crippen LogP contribution in [0.1, 0.15) is 89.2 Å². The molecule has 0 amide bonds. The van der Waals surface area contributed by atoms with E-state index >= 15 is 0 Å². The zero-order valence-electron chi connectivity index (χ0n) is 74.3. The number of ether oxygens (including phenoxy) is 6. The molecule has 3 aromatic carbocycles. The lowest BCUT2D eigenvalue weighted by atomic mass is 9.99. The molecule has 0 saturated carbocycles. The Kier molecular flexibility index (Phi) is 29.9. The van der Waals surface area contributed by atoms with Gasteiger partial charge in [-0.3, -0.25) is 56.6 Å². The molecular formula is C80H91Cl3F4N13O23P3. The number of aromatic nitrogens is 10. The third kappa shape index (κ3) is 23.6. The number of nitrogens with two attached hydrogens (primary N) is 3. The van der Waals surface area contributed by atoms with E-state index < -0.39 is 239 Å². The number of carbonyl (C=O) groups is 3. The maximum Gasteiger partial charge on any atom is 0.380 e. The van der Waals surface area contributed by atoms with Crippen molar-refractivity contribution in [2.24, 2.45) is 17.8 Å². The number of aliphatic hydroxyl groups excluding tert-OH is 3. The van der Waals surface area contributed by atoms with Crippen molar-refractivity contribution < 1.29 is 125 Å². The maximum absolute atomic E-state index is 14.9. The van der Waals surface area contributed by atoms with Crippen molar-refractivity contribution in [3.63, 3.8) is 0 Å². The molecule has 0 radical (unpaired) electrons. The van der Waals surface area contributed by atoms with Crippen LogP contribution in [0.2, 0.25) is 0 Å². The maximum atomic E-state index is 14.9. The van der Waals surface area contributed by atoms with Crippen molar-refractivity contribution >= 4 is 127 Å². The van der Waals surface area contributed by atoms with Crippen LogP contribution in [0.25, 0.3) is 33.2 Å². The van der Waals surface area contributed by atoms with Crippen molar-refractivity contribution in [2.45, 2.75) is 151 Å². The Morgan fingerprint density at radius 3 is 1.26 bits per heavy atom. The van der Waals surface area contributed by atoms with Gasteiger partial charge in [0.05, 0.1) is 100 Å². The second kappa shape index (κ2) is 42.2. The Morgan fingerprint density at radius 2 is 0.889 bits per heavy atom. The number of anilines is 3. The fourth-order valence-corrected chi connectivity index (χ4v) is 18.6. The first kappa shape index (κ1) is 89.3. The summed E-state index contributed by atoms with van der Waals surface area (Å²) >= 11 is 20.2. The summed E-state index contributed by atoms with van der Waals surface area (Å²) in [5.41, 5.74) is 15.4. The van der Waals surface area contributed by atoms with E-state index in [1.807, 2.05) is 5.92 Å². The number of carbonyl (C=O) groups excluding carboxylic acids is 3. The number of hydrogen-bond donors (Lipinski definition) is 8. The number of hydrogen-bond acceptors (Lipinski definition) is 31. The molecule has 3 aliphatic rings. The summed E-state index contributed by atoms with van der Waals surface area (Å²) in [4.78, 5) is 80.2.